The predicted octanol–water partition coefficient (Wildman–Crippen LogP) is 3.38. The Kier molecular flexibility index (Phi) is 5.09. The van der Waals surface area contributed by atoms with Crippen LogP contribution >= 0.6 is 0 Å². The van der Waals surface area contributed by atoms with Crippen molar-refractivity contribution in [2.24, 2.45) is 0 Å². The monoisotopic (exact) mass is 288 g/mol. The van der Waals surface area contributed by atoms with Gasteiger partial charge in [-0.05, 0) is 26.8 Å². The number of halogens is 1. The van der Waals surface area contributed by atoms with Gasteiger partial charge >= 0.3 is 0 Å². The number of hydrogen-bond acceptors (Lipinski definition) is 4. The van der Waals surface area contributed by atoms with Gasteiger partial charge in [0.25, 0.3) is 0 Å². The molecule has 0 amide bonds. The molecule has 2 rings (SSSR count). The van der Waals surface area contributed by atoms with Crippen LogP contribution in [0.4, 0.5) is 16.0 Å². The second kappa shape index (κ2) is 7.02. The van der Waals surface area contributed by atoms with E-state index in [2.05, 4.69) is 34.0 Å². The number of nitrogens with one attached hydrogen (secondary N) is 1. The highest BCUT2D eigenvalue weighted by Gasteiger charge is 2.08. The van der Waals surface area contributed by atoms with Crippen LogP contribution < -0.4 is 10.2 Å². The van der Waals surface area contributed by atoms with E-state index in [4.69, 9.17) is 0 Å². The van der Waals surface area contributed by atoms with Gasteiger partial charge in [0.1, 0.15) is 23.3 Å². The number of aromatic nitrogens is 2. The molecule has 5 heteroatoms. The number of benzene rings is 1. The quantitative estimate of drug-likeness (QED) is 0.884. The van der Waals surface area contributed by atoms with Gasteiger partial charge in [0.05, 0.1) is 0 Å². The molecule has 112 valence electrons. The molecule has 0 fully saturated rings. The Morgan fingerprint density at radius 3 is 2.52 bits per heavy atom. The fourth-order valence-electron chi connectivity index (χ4n) is 2.18. The molecule has 0 saturated heterocycles. The fourth-order valence-corrected chi connectivity index (χ4v) is 2.18. The SMILES string of the molecule is CCN(CC)c1cc(NCc2ccccc2F)nc(C)n1. The maximum Gasteiger partial charge on any atom is 0.134 e. The summed E-state index contributed by atoms with van der Waals surface area (Å²) in [5.41, 5.74) is 0.623. The molecule has 0 unspecified atom stereocenters. The van der Waals surface area contributed by atoms with Crippen LogP contribution in [0.5, 0.6) is 0 Å². The summed E-state index contributed by atoms with van der Waals surface area (Å²) in [5.74, 6) is 2.10. The zero-order chi connectivity index (χ0) is 15.2. The normalized spacial score (nSPS) is 10.5. The summed E-state index contributed by atoms with van der Waals surface area (Å²) in [6.07, 6.45) is 0. The van der Waals surface area contributed by atoms with Gasteiger partial charge in [-0.15, -0.1) is 0 Å². The van der Waals surface area contributed by atoms with Crippen LogP contribution in [0.15, 0.2) is 30.3 Å². The molecule has 1 heterocycles. The van der Waals surface area contributed by atoms with Gasteiger partial charge in [0, 0.05) is 31.3 Å². The van der Waals surface area contributed by atoms with E-state index >= 15 is 0 Å². The van der Waals surface area contributed by atoms with Crippen molar-refractivity contribution in [2.75, 3.05) is 23.3 Å². The van der Waals surface area contributed by atoms with Gasteiger partial charge in [-0.3, -0.25) is 0 Å². The third-order valence-corrected chi connectivity index (χ3v) is 3.33. The van der Waals surface area contributed by atoms with Crippen LogP contribution in [0.1, 0.15) is 25.2 Å². The van der Waals surface area contributed by atoms with E-state index in [1.807, 2.05) is 19.1 Å². The van der Waals surface area contributed by atoms with E-state index in [1.54, 1.807) is 12.1 Å². The molecule has 0 bridgehead atoms. The van der Waals surface area contributed by atoms with Gasteiger partial charge in [-0.1, -0.05) is 18.2 Å². The van der Waals surface area contributed by atoms with E-state index in [9.17, 15) is 4.39 Å². The number of aryl methyl sites for hydroxylation is 1. The van der Waals surface area contributed by atoms with Crippen molar-refractivity contribution < 1.29 is 4.39 Å². The maximum absolute atomic E-state index is 13.6. The third-order valence-electron chi connectivity index (χ3n) is 3.33. The topological polar surface area (TPSA) is 41.0 Å². The van der Waals surface area contributed by atoms with Crippen molar-refractivity contribution in [3.63, 3.8) is 0 Å². The Morgan fingerprint density at radius 1 is 1.14 bits per heavy atom. The fraction of sp³-hybridized carbons (Fsp3) is 0.375. The van der Waals surface area contributed by atoms with E-state index < -0.39 is 0 Å². The number of hydrogen-bond donors (Lipinski definition) is 1. The molecule has 0 aliphatic rings. The van der Waals surface area contributed by atoms with Crippen LogP contribution in [-0.4, -0.2) is 23.1 Å². The molecule has 0 aliphatic heterocycles. The molecule has 1 N–H and O–H groups in total. The molecule has 1 aromatic heterocycles. The van der Waals surface area contributed by atoms with Gasteiger partial charge in [-0.2, -0.15) is 0 Å². The van der Waals surface area contributed by atoms with Gasteiger partial charge < -0.3 is 10.2 Å². The Labute approximate surface area is 125 Å². The zero-order valence-corrected chi connectivity index (χ0v) is 12.7. The van der Waals surface area contributed by atoms with E-state index in [0.717, 1.165) is 18.9 Å². The molecule has 1 aromatic carbocycles. The van der Waals surface area contributed by atoms with Crippen molar-refractivity contribution in [2.45, 2.75) is 27.3 Å². The molecule has 0 atom stereocenters. The first-order valence-electron chi connectivity index (χ1n) is 7.22. The first-order valence-corrected chi connectivity index (χ1v) is 7.22. The maximum atomic E-state index is 13.6. The minimum absolute atomic E-state index is 0.209. The van der Waals surface area contributed by atoms with Gasteiger partial charge in [-0.25, -0.2) is 14.4 Å². The molecule has 4 nitrogen and oxygen atoms in total. The summed E-state index contributed by atoms with van der Waals surface area (Å²) in [7, 11) is 0. The average molecular weight is 288 g/mol. The summed E-state index contributed by atoms with van der Waals surface area (Å²) in [6.45, 7) is 8.22. The van der Waals surface area contributed by atoms with Gasteiger partial charge in [0.2, 0.25) is 0 Å². The number of nitrogens with zero attached hydrogens (tertiary/aromatic N) is 3. The Bertz CT molecular complexity index is 597. The van der Waals surface area contributed by atoms with E-state index in [-0.39, 0.29) is 5.82 Å². The first kappa shape index (κ1) is 15.2. The van der Waals surface area contributed by atoms with Crippen molar-refractivity contribution in [1.82, 2.24) is 9.97 Å². The molecule has 2 aromatic rings. The van der Waals surface area contributed by atoms with Crippen LogP contribution in [0.2, 0.25) is 0 Å². The zero-order valence-electron chi connectivity index (χ0n) is 12.7. The minimum atomic E-state index is -0.209. The molecule has 0 spiro atoms. The highest BCUT2D eigenvalue weighted by molar-refractivity contribution is 5.49. The largest absolute Gasteiger partial charge is 0.366 e. The summed E-state index contributed by atoms with van der Waals surface area (Å²) in [4.78, 5) is 11.0. The third kappa shape index (κ3) is 3.90. The lowest BCUT2D eigenvalue weighted by molar-refractivity contribution is 0.613. The highest BCUT2D eigenvalue weighted by Crippen LogP contribution is 2.17. The van der Waals surface area contributed by atoms with Crippen LogP contribution in [0, 0.1) is 12.7 Å². The van der Waals surface area contributed by atoms with Crippen molar-refractivity contribution in [3.05, 3.63) is 47.5 Å². The lowest BCUT2D eigenvalue weighted by Crippen LogP contribution is -2.23. The van der Waals surface area contributed by atoms with Crippen molar-refractivity contribution >= 4 is 11.6 Å². The second-order valence-electron chi connectivity index (χ2n) is 4.78. The summed E-state index contributed by atoms with van der Waals surface area (Å²) < 4.78 is 13.6. The highest BCUT2D eigenvalue weighted by atomic mass is 19.1. The predicted molar refractivity (Wildman–Crippen MR) is 84.1 cm³/mol. The van der Waals surface area contributed by atoms with Crippen molar-refractivity contribution in [3.8, 4) is 0 Å². The van der Waals surface area contributed by atoms with Crippen LogP contribution in [0.25, 0.3) is 0 Å². The summed E-state index contributed by atoms with van der Waals surface area (Å²) >= 11 is 0. The lowest BCUT2D eigenvalue weighted by atomic mass is 10.2. The first-order chi connectivity index (χ1) is 10.1. The van der Waals surface area contributed by atoms with E-state index in [1.165, 1.54) is 6.07 Å². The van der Waals surface area contributed by atoms with Crippen LogP contribution in [-0.2, 0) is 6.54 Å². The van der Waals surface area contributed by atoms with Gasteiger partial charge in [0.15, 0.2) is 0 Å². The smallest absolute Gasteiger partial charge is 0.134 e. The summed E-state index contributed by atoms with van der Waals surface area (Å²) in [6, 6.07) is 8.64. The summed E-state index contributed by atoms with van der Waals surface area (Å²) in [5, 5.41) is 3.17. The number of rotatable bonds is 6. The average Bonchev–Trinajstić information content (AvgIpc) is 2.47. The molecule has 0 radical (unpaired) electrons. The standard InChI is InChI=1S/C16H21FN4/c1-4-21(5-2)16-10-15(19-12(3)20-16)18-11-13-8-6-7-9-14(13)17/h6-10H,4-5,11H2,1-3H3,(H,18,19,20). The molecule has 0 aliphatic carbocycles. The Balaban J connectivity index is 2.15. The lowest BCUT2D eigenvalue weighted by Gasteiger charge is -2.20. The number of anilines is 2. The van der Waals surface area contributed by atoms with Crippen LogP contribution in [0.3, 0.4) is 0 Å². The molecule has 21 heavy (non-hydrogen) atoms. The van der Waals surface area contributed by atoms with E-state index in [0.29, 0.717) is 23.8 Å². The molecule has 0 saturated carbocycles. The van der Waals surface area contributed by atoms with Crippen molar-refractivity contribution in [1.29, 1.82) is 0 Å². The Hall–Kier alpha value is -2.17. The second-order valence-corrected chi connectivity index (χ2v) is 4.78. The molecular formula is C16H21FN4. The minimum Gasteiger partial charge on any atom is -0.366 e. The molecular weight excluding hydrogens is 267 g/mol. The Morgan fingerprint density at radius 2 is 1.86 bits per heavy atom.